The van der Waals surface area contributed by atoms with Crippen molar-refractivity contribution >= 4 is 29.2 Å². The summed E-state index contributed by atoms with van der Waals surface area (Å²) < 4.78 is 16.6. The first-order valence-corrected chi connectivity index (χ1v) is 9.70. The first kappa shape index (κ1) is 21.5. The molecule has 0 saturated heterocycles. The second-order valence-corrected chi connectivity index (χ2v) is 6.36. The van der Waals surface area contributed by atoms with Crippen molar-refractivity contribution in [3.05, 3.63) is 48.0 Å². The molecule has 0 spiro atoms. The Morgan fingerprint density at radius 1 is 1.00 bits per heavy atom. The molecule has 0 radical (unpaired) electrons. The molecule has 2 rings (SSSR count). The van der Waals surface area contributed by atoms with E-state index in [0.29, 0.717) is 18.3 Å². The summed E-state index contributed by atoms with van der Waals surface area (Å²) in [5, 5.41) is 7.66. The SMILES string of the molecule is CCCOc1ccc(/C=N\NC(=S)Nc2ccc(OC)cc2)c(OCCC)c1. The fourth-order valence-corrected chi connectivity index (χ4v) is 2.43. The van der Waals surface area contributed by atoms with Crippen LogP contribution in [0.15, 0.2) is 47.6 Å². The molecule has 2 aromatic rings. The standard InChI is InChI=1S/C21H27N3O3S/c1-4-12-26-19-9-6-16(20(14-19)27-13-5-2)15-22-24-21(28)23-17-7-10-18(25-3)11-8-17/h6-11,14-15H,4-5,12-13H2,1-3H3,(H2,23,24,28)/b22-15-. The van der Waals surface area contributed by atoms with E-state index in [0.717, 1.165) is 41.3 Å². The number of thiocarbonyl (C=S) groups is 1. The fourth-order valence-electron chi connectivity index (χ4n) is 2.26. The van der Waals surface area contributed by atoms with E-state index in [1.165, 1.54) is 0 Å². The van der Waals surface area contributed by atoms with Crippen molar-refractivity contribution < 1.29 is 14.2 Å². The average Bonchev–Trinajstić information content (AvgIpc) is 2.72. The summed E-state index contributed by atoms with van der Waals surface area (Å²) in [5.74, 6) is 2.30. The van der Waals surface area contributed by atoms with Crippen molar-refractivity contribution in [1.82, 2.24) is 5.43 Å². The van der Waals surface area contributed by atoms with Crippen LogP contribution in [0.4, 0.5) is 5.69 Å². The van der Waals surface area contributed by atoms with Gasteiger partial charge in [0.1, 0.15) is 17.2 Å². The molecule has 0 aromatic heterocycles. The van der Waals surface area contributed by atoms with Gasteiger partial charge in [-0.25, -0.2) is 0 Å². The van der Waals surface area contributed by atoms with Crippen LogP contribution in [0.3, 0.4) is 0 Å². The van der Waals surface area contributed by atoms with Crippen molar-refractivity contribution in [2.24, 2.45) is 5.10 Å². The topological polar surface area (TPSA) is 64.1 Å². The van der Waals surface area contributed by atoms with Crippen LogP contribution in [-0.2, 0) is 0 Å². The van der Waals surface area contributed by atoms with Gasteiger partial charge in [-0.1, -0.05) is 13.8 Å². The number of rotatable bonds is 10. The second kappa shape index (κ2) is 11.8. The second-order valence-electron chi connectivity index (χ2n) is 5.95. The molecule has 28 heavy (non-hydrogen) atoms. The number of ether oxygens (including phenoxy) is 3. The quantitative estimate of drug-likeness (QED) is 0.345. The van der Waals surface area contributed by atoms with E-state index in [1.54, 1.807) is 13.3 Å². The van der Waals surface area contributed by atoms with Gasteiger partial charge in [-0.05, 0) is 61.5 Å². The van der Waals surface area contributed by atoms with Crippen LogP contribution in [0.5, 0.6) is 17.2 Å². The molecule has 0 amide bonds. The molecule has 0 fully saturated rings. The highest BCUT2D eigenvalue weighted by atomic mass is 32.1. The van der Waals surface area contributed by atoms with Crippen molar-refractivity contribution in [2.45, 2.75) is 26.7 Å². The van der Waals surface area contributed by atoms with Crippen LogP contribution < -0.4 is 25.0 Å². The lowest BCUT2D eigenvalue weighted by Gasteiger charge is -2.11. The number of anilines is 1. The number of hydrogen-bond acceptors (Lipinski definition) is 5. The van der Waals surface area contributed by atoms with Crippen LogP contribution in [0.2, 0.25) is 0 Å². The summed E-state index contributed by atoms with van der Waals surface area (Å²) in [6, 6.07) is 13.2. The highest BCUT2D eigenvalue weighted by Crippen LogP contribution is 2.24. The van der Waals surface area contributed by atoms with E-state index in [1.807, 2.05) is 42.5 Å². The van der Waals surface area contributed by atoms with Gasteiger partial charge >= 0.3 is 0 Å². The zero-order chi connectivity index (χ0) is 20.2. The molecule has 0 saturated carbocycles. The van der Waals surface area contributed by atoms with E-state index in [9.17, 15) is 0 Å². The highest BCUT2D eigenvalue weighted by Gasteiger charge is 2.05. The van der Waals surface area contributed by atoms with Crippen molar-refractivity contribution in [1.29, 1.82) is 0 Å². The van der Waals surface area contributed by atoms with Crippen LogP contribution in [-0.4, -0.2) is 31.7 Å². The fraction of sp³-hybridized carbons (Fsp3) is 0.333. The maximum Gasteiger partial charge on any atom is 0.191 e. The molecule has 2 N–H and O–H groups in total. The number of nitrogens with one attached hydrogen (secondary N) is 2. The molecule has 0 aliphatic heterocycles. The Balaban J connectivity index is 1.97. The van der Waals surface area contributed by atoms with Gasteiger partial charge in [-0.2, -0.15) is 5.10 Å². The third-order valence-electron chi connectivity index (χ3n) is 3.64. The first-order chi connectivity index (χ1) is 13.7. The van der Waals surface area contributed by atoms with E-state index in [4.69, 9.17) is 26.4 Å². The number of benzene rings is 2. The zero-order valence-electron chi connectivity index (χ0n) is 16.5. The monoisotopic (exact) mass is 401 g/mol. The first-order valence-electron chi connectivity index (χ1n) is 9.30. The molecule has 6 nitrogen and oxygen atoms in total. The van der Waals surface area contributed by atoms with E-state index < -0.39 is 0 Å². The third kappa shape index (κ3) is 7.08. The summed E-state index contributed by atoms with van der Waals surface area (Å²) in [5.41, 5.74) is 4.50. The zero-order valence-corrected chi connectivity index (χ0v) is 17.3. The number of methoxy groups -OCH3 is 1. The Bertz CT molecular complexity index is 779. The largest absolute Gasteiger partial charge is 0.497 e. The predicted octanol–water partition coefficient (Wildman–Crippen LogP) is 4.59. The summed E-state index contributed by atoms with van der Waals surface area (Å²) in [6.45, 7) is 5.44. The lowest BCUT2D eigenvalue weighted by Crippen LogP contribution is -2.23. The van der Waals surface area contributed by atoms with Gasteiger partial charge in [-0.3, -0.25) is 5.43 Å². The molecule has 0 aliphatic rings. The van der Waals surface area contributed by atoms with Gasteiger partial charge in [-0.15, -0.1) is 0 Å². The van der Waals surface area contributed by atoms with Crippen LogP contribution in [0, 0.1) is 0 Å². The summed E-state index contributed by atoms with van der Waals surface area (Å²) >= 11 is 5.27. The molecule has 0 bridgehead atoms. The van der Waals surface area contributed by atoms with E-state index in [2.05, 4.69) is 29.7 Å². The van der Waals surface area contributed by atoms with Crippen LogP contribution in [0.25, 0.3) is 0 Å². The van der Waals surface area contributed by atoms with E-state index in [-0.39, 0.29) is 0 Å². The lowest BCUT2D eigenvalue weighted by atomic mass is 10.2. The highest BCUT2D eigenvalue weighted by molar-refractivity contribution is 7.80. The molecule has 0 aliphatic carbocycles. The molecule has 150 valence electrons. The van der Waals surface area contributed by atoms with Crippen molar-refractivity contribution in [2.75, 3.05) is 25.6 Å². The Hall–Kier alpha value is -2.80. The lowest BCUT2D eigenvalue weighted by molar-refractivity contribution is 0.301. The average molecular weight is 402 g/mol. The molecule has 2 aromatic carbocycles. The Labute approximate surface area is 171 Å². The van der Waals surface area contributed by atoms with Crippen molar-refractivity contribution in [3.8, 4) is 17.2 Å². The Morgan fingerprint density at radius 3 is 2.36 bits per heavy atom. The third-order valence-corrected chi connectivity index (χ3v) is 3.83. The Morgan fingerprint density at radius 2 is 1.68 bits per heavy atom. The minimum Gasteiger partial charge on any atom is -0.497 e. The summed E-state index contributed by atoms with van der Waals surface area (Å²) in [4.78, 5) is 0. The maximum absolute atomic E-state index is 5.82. The minimum absolute atomic E-state index is 0.389. The van der Waals surface area contributed by atoms with Crippen LogP contribution in [0.1, 0.15) is 32.3 Å². The van der Waals surface area contributed by atoms with Crippen molar-refractivity contribution in [3.63, 3.8) is 0 Å². The molecular formula is C21H27N3O3S. The smallest absolute Gasteiger partial charge is 0.191 e. The number of hydrogen-bond donors (Lipinski definition) is 2. The van der Waals surface area contributed by atoms with Gasteiger partial charge in [0, 0.05) is 17.3 Å². The summed E-state index contributed by atoms with van der Waals surface area (Å²) in [6.07, 6.45) is 3.55. The molecule has 0 atom stereocenters. The van der Waals surface area contributed by atoms with Gasteiger partial charge in [0.05, 0.1) is 26.5 Å². The van der Waals surface area contributed by atoms with Gasteiger partial charge in [0.25, 0.3) is 0 Å². The summed E-state index contributed by atoms with van der Waals surface area (Å²) in [7, 11) is 1.63. The molecule has 0 heterocycles. The minimum atomic E-state index is 0.389. The van der Waals surface area contributed by atoms with Gasteiger partial charge in [0.15, 0.2) is 5.11 Å². The van der Waals surface area contributed by atoms with Gasteiger partial charge in [0.2, 0.25) is 0 Å². The Kier molecular flexibility index (Phi) is 9.07. The van der Waals surface area contributed by atoms with E-state index >= 15 is 0 Å². The predicted molar refractivity (Wildman–Crippen MR) is 118 cm³/mol. The molecule has 0 unspecified atom stereocenters. The number of hydrazone groups is 1. The molecular weight excluding hydrogens is 374 g/mol. The van der Waals surface area contributed by atoms with Gasteiger partial charge < -0.3 is 19.5 Å². The van der Waals surface area contributed by atoms with Crippen LogP contribution >= 0.6 is 12.2 Å². The maximum atomic E-state index is 5.82. The normalized spacial score (nSPS) is 10.5. The molecule has 7 heteroatoms. The number of nitrogens with zero attached hydrogens (tertiary/aromatic N) is 1.